The molecule has 0 aliphatic carbocycles. The van der Waals surface area contributed by atoms with Crippen molar-refractivity contribution in [2.45, 2.75) is 32.0 Å². The van der Waals surface area contributed by atoms with Gasteiger partial charge in [0.25, 0.3) is 0 Å². The highest BCUT2D eigenvalue weighted by Gasteiger charge is 2.38. The summed E-state index contributed by atoms with van der Waals surface area (Å²) >= 11 is 0. The maximum atomic E-state index is 13.2. The van der Waals surface area contributed by atoms with Crippen LogP contribution in [0.2, 0.25) is 0 Å². The second-order valence-corrected chi connectivity index (χ2v) is 6.69. The summed E-state index contributed by atoms with van der Waals surface area (Å²) in [5.41, 5.74) is 2.99. The molecule has 0 aromatic heterocycles. The normalized spacial score (nSPS) is 20.1. The molecule has 5 nitrogen and oxygen atoms in total. The van der Waals surface area contributed by atoms with E-state index >= 15 is 0 Å². The van der Waals surface area contributed by atoms with Gasteiger partial charge in [0, 0.05) is 12.2 Å². The number of fused-ring (bicyclic) bond motifs is 2. The smallest absolute Gasteiger partial charge is 0.335 e. The lowest BCUT2D eigenvalue weighted by Crippen LogP contribution is -2.42. The van der Waals surface area contributed by atoms with E-state index in [0.29, 0.717) is 13.1 Å². The Labute approximate surface area is 146 Å². The van der Waals surface area contributed by atoms with Gasteiger partial charge >= 0.3 is 5.97 Å². The maximum absolute atomic E-state index is 13.2. The first-order valence-electron chi connectivity index (χ1n) is 8.59. The molecule has 25 heavy (non-hydrogen) atoms. The Hall–Kier alpha value is -2.66. The van der Waals surface area contributed by atoms with Gasteiger partial charge in [0.15, 0.2) is 0 Å². The van der Waals surface area contributed by atoms with Crippen molar-refractivity contribution in [3.8, 4) is 0 Å². The standard InChI is InChI=1S/C20H20N2O3/c23-19-17-7-4-10-21(17)13-16-9-8-15(20(24)25)11-18(16)22(19)12-14-5-2-1-3-6-14/h1-3,5-6,8-9,11,17H,4,7,10,12-13H2,(H,24,25)/t17-/m0/s1. The summed E-state index contributed by atoms with van der Waals surface area (Å²) in [6, 6.07) is 14.8. The van der Waals surface area contributed by atoms with E-state index < -0.39 is 5.97 Å². The highest BCUT2D eigenvalue weighted by Crippen LogP contribution is 2.34. The van der Waals surface area contributed by atoms with E-state index in [1.54, 1.807) is 17.0 Å². The molecule has 2 aliphatic heterocycles. The molecule has 1 saturated heterocycles. The van der Waals surface area contributed by atoms with Crippen LogP contribution in [0.4, 0.5) is 5.69 Å². The molecule has 1 amide bonds. The molecule has 1 N–H and O–H groups in total. The van der Waals surface area contributed by atoms with Gasteiger partial charge in [0.2, 0.25) is 5.91 Å². The lowest BCUT2D eigenvalue weighted by atomic mass is 10.1. The minimum atomic E-state index is -0.973. The van der Waals surface area contributed by atoms with Gasteiger partial charge in [-0.15, -0.1) is 0 Å². The van der Waals surface area contributed by atoms with Gasteiger partial charge in [-0.2, -0.15) is 0 Å². The van der Waals surface area contributed by atoms with Gasteiger partial charge in [0.05, 0.1) is 18.2 Å². The van der Waals surface area contributed by atoms with E-state index in [0.717, 1.165) is 36.2 Å². The van der Waals surface area contributed by atoms with Crippen LogP contribution in [0.15, 0.2) is 48.5 Å². The van der Waals surface area contributed by atoms with E-state index in [4.69, 9.17) is 0 Å². The average molecular weight is 336 g/mol. The first kappa shape index (κ1) is 15.8. The number of carbonyl (C=O) groups excluding carboxylic acids is 1. The SMILES string of the molecule is O=C(O)c1ccc2c(c1)N(Cc1ccccc1)C(=O)[C@@H]1CCCN1C2. The molecule has 0 unspecified atom stereocenters. The van der Waals surface area contributed by atoms with Crippen molar-refractivity contribution < 1.29 is 14.7 Å². The second-order valence-electron chi connectivity index (χ2n) is 6.69. The van der Waals surface area contributed by atoms with Crippen LogP contribution >= 0.6 is 0 Å². The molecule has 5 heteroatoms. The molecule has 0 bridgehead atoms. The van der Waals surface area contributed by atoms with Crippen molar-refractivity contribution >= 4 is 17.6 Å². The predicted octanol–water partition coefficient (Wildman–Crippen LogP) is 2.90. The summed E-state index contributed by atoms with van der Waals surface area (Å²) < 4.78 is 0. The number of rotatable bonds is 3. The second kappa shape index (κ2) is 6.33. The van der Waals surface area contributed by atoms with Crippen LogP contribution in [0.3, 0.4) is 0 Å². The Balaban J connectivity index is 1.80. The number of amides is 1. The number of benzene rings is 2. The Morgan fingerprint density at radius 3 is 2.72 bits per heavy atom. The van der Waals surface area contributed by atoms with Crippen molar-refractivity contribution in [1.29, 1.82) is 0 Å². The number of aromatic carboxylic acids is 1. The molecule has 1 fully saturated rings. The number of carboxylic acid groups (broad SMARTS) is 1. The minimum Gasteiger partial charge on any atom is -0.478 e. The summed E-state index contributed by atoms with van der Waals surface area (Å²) in [6.45, 7) is 2.06. The molecule has 2 heterocycles. The van der Waals surface area contributed by atoms with Crippen LogP contribution in [-0.2, 0) is 17.9 Å². The van der Waals surface area contributed by atoms with E-state index in [-0.39, 0.29) is 17.5 Å². The van der Waals surface area contributed by atoms with Gasteiger partial charge in [-0.25, -0.2) is 4.79 Å². The third-order valence-corrected chi connectivity index (χ3v) is 5.09. The summed E-state index contributed by atoms with van der Waals surface area (Å²) in [6.07, 6.45) is 1.89. The fraction of sp³-hybridized carbons (Fsp3) is 0.300. The molecular weight excluding hydrogens is 316 g/mol. The zero-order chi connectivity index (χ0) is 17.4. The monoisotopic (exact) mass is 336 g/mol. The van der Waals surface area contributed by atoms with Crippen LogP contribution in [0, 0.1) is 0 Å². The molecule has 0 spiro atoms. The lowest BCUT2D eigenvalue weighted by Gasteiger charge is -2.26. The molecule has 0 saturated carbocycles. The van der Waals surface area contributed by atoms with Gasteiger partial charge in [0.1, 0.15) is 0 Å². The van der Waals surface area contributed by atoms with Gasteiger partial charge < -0.3 is 10.0 Å². The van der Waals surface area contributed by atoms with Crippen LogP contribution in [0.1, 0.15) is 34.3 Å². The Morgan fingerprint density at radius 1 is 1.16 bits per heavy atom. The summed E-state index contributed by atoms with van der Waals surface area (Å²) in [5, 5.41) is 9.35. The first-order valence-corrected chi connectivity index (χ1v) is 8.59. The van der Waals surface area contributed by atoms with E-state index in [1.807, 2.05) is 36.4 Å². The topological polar surface area (TPSA) is 60.9 Å². The molecule has 4 rings (SSSR count). The van der Waals surface area contributed by atoms with Crippen molar-refractivity contribution in [1.82, 2.24) is 4.90 Å². The molecule has 2 aromatic rings. The van der Waals surface area contributed by atoms with E-state index in [9.17, 15) is 14.7 Å². The molecule has 2 aliphatic rings. The molecule has 0 radical (unpaired) electrons. The number of hydrogen-bond acceptors (Lipinski definition) is 3. The Morgan fingerprint density at radius 2 is 1.96 bits per heavy atom. The number of carboxylic acids is 1. The van der Waals surface area contributed by atoms with Crippen LogP contribution < -0.4 is 4.90 Å². The fourth-order valence-electron chi connectivity index (χ4n) is 3.82. The largest absolute Gasteiger partial charge is 0.478 e. The van der Waals surface area contributed by atoms with Gasteiger partial charge in [-0.3, -0.25) is 9.69 Å². The number of carbonyl (C=O) groups is 2. The Bertz CT molecular complexity index is 819. The molecular formula is C20H20N2O3. The summed E-state index contributed by atoms with van der Waals surface area (Å²) in [7, 11) is 0. The van der Waals surface area contributed by atoms with E-state index in [2.05, 4.69) is 4.90 Å². The van der Waals surface area contributed by atoms with Crippen LogP contribution in [0.5, 0.6) is 0 Å². The first-order chi connectivity index (χ1) is 12.1. The predicted molar refractivity (Wildman–Crippen MR) is 94.5 cm³/mol. The van der Waals surface area contributed by atoms with Crippen molar-refractivity contribution in [2.75, 3.05) is 11.4 Å². The van der Waals surface area contributed by atoms with Crippen molar-refractivity contribution in [3.05, 3.63) is 65.2 Å². The minimum absolute atomic E-state index is 0.0719. The van der Waals surface area contributed by atoms with Crippen LogP contribution in [0.25, 0.3) is 0 Å². The zero-order valence-corrected chi connectivity index (χ0v) is 13.9. The number of nitrogens with zero attached hydrogens (tertiary/aromatic N) is 2. The summed E-state index contributed by atoms with van der Waals surface area (Å²) in [5.74, 6) is -0.901. The van der Waals surface area contributed by atoms with Crippen LogP contribution in [-0.4, -0.2) is 34.5 Å². The molecule has 1 atom stereocenters. The zero-order valence-electron chi connectivity index (χ0n) is 13.9. The third kappa shape index (κ3) is 2.91. The van der Waals surface area contributed by atoms with Gasteiger partial charge in [-0.05, 0) is 42.6 Å². The molecule has 128 valence electrons. The average Bonchev–Trinajstić information content (AvgIpc) is 3.05. The Kier molecular flexibility index (Phi) is 4.01. The third-order valence-electron chi connectivity index (χ3n) is 5.09. The quantitative estimate of drug-likeness (QED) is 0.936. The van der Waals surface area contributed by atoms with E-state index in [1.165, 1.54) is 0 Å². The molecule has 2 aromatic carbocycles. The highest BCUT2D eigenvalue weighted by atomic mass is 16.4. The fourth-order valence-corrected chi connectivity index (χ4v) is 3.82. The van der Waals surface area contributed by atoms with Crippen molar-refractivity contribution in [3.63, 3.8) is 0 Å². The summed E-state index contributed by atoms with van der Waals surface area (Å²) in [4.78, 5) is 28.6. The number of anilines is 1. The van der Waals surface area contributed by atoms with Gasteiger partial charge in [-0.1, -0.05) is 36.4 Å². The number of hydrogen-bond donors (Lipinski definition) is 1. The maximum Gasteiger partial charge on any atom is 0.335 e. The highest BCUT2D eigenvalue weighted by molar-refractivity contribution is 6.00. The lowest BCUT2D eigenvalue weighted by molar-refractivity contribution is -0.122. The van der Waals surface area contributed by atoms with Crippen molar-refractivity contribution in [2.24, 2.45) is 0 Å².